The molecule has 1 saturated heterocycles. The SMILES string of the molecule is CN=C(NCCN1CCN(C(=O)C2CCCC2)CC1)N(C)Cc1ccc(C)cc1.I. The molecule has 1 aliphatic heterocycles. The van der Waals surface area contributed by atoms with Crippen molar-refractivity contribution in [3.05, 3.63) is 35.4 Å². The van der Waals surface area contributed by atoms with Gasteiger partial charge in [0.1, 0.15) is 0 Å². The number of nitrogens with one attached hydrogen (secondary N) is 1. The van der Waals surface area contributed by atoms with E-state index < -0.39 is 0 Å². The Morgan fingerprint density at radius 1 is 1.13 bits per heavy atom. The minimum atomic E-state index is 0. The Morgan fingerprint density at radius 3 is 2.37 bits per heavy atom. The van der Waals surface area contributed by atoms with Gasteiger partial charge >= 0.3 is 0 Å². The summed E-state index contributed by atoms with van der Waals surface area (Å²) < 4.78 is 0. The van der Waals surface area contributed by atoms with Crippen LogP contribution in [-0.4, -0.2) is 79.9 Å². The van der Waals surface area contributed by atoms with Crippen molar-refractivity contribution in [1.29, 1.82) is 0 Å². The van der Waals surface area contributed by atoms with Crippen molar-refractivity contribution in [2.75, 3.05) is 53.4 Å². The van der Waals surface area contributed by atoms with Crippen molar-refractivity contribution in [2.24, 2.45) is 10.9 Å². The lowest BCUT2D eigenvalue weighted by atomic mass is 10.1. The fourth-order valence-electron chi connectivity index (χ4n) is 4.38. The third-order valence-corrected chi connectivity index (χ3v) is 6.21. The van der Waals surface area contributed by atoms with Crippen LogP contribution in [0.3, 0.4) is 0 Å². The molecule has 1 aliphatic carbocycles. The number of rotatable bonds is 6. The van der Waals surface area contributed by atoms with E-state index in [1.165, 1.54) is 24.0 Å². The highest BCUT2D eigenvalue weighted by atomic mass is 127. The molecule has 0 atom stereocenters. The average molecular weight is 527 g/mol. The van der Waals surface area contributed by atoms with Gasteiger partial charge in [-0.25, -0.2) is 0 Å². The molecule has 1 aromatic rings. The molecule has 0 spiro atoms. The van der Waals surface area contributed by atoms with Gasteiger partial charge in [-0.1, -0.05) is 42.7 Å². The van der Waals surface area contributed by atoms with E-state index in [-0.39, 0.29) is 24.0 Å². The van der Waals surface area contributed by atoms with Gasteiger partial charge in [-0.05, 0) is 25.3 Å². The number of piperazine rings is 1. The Morgan fingerprint density at radius 2 is 1.77 bits per heavy atom. The molecule has 2 aliphatic rings. The van der Waals surface area contributed by atoms with Crippen LogP contribution in [0.15, 0.2) is 29.3 Å². The Bertz CT molecular complexity index is 679. The second kappa shape index (κ2) is 12.5. The number of carbonyl (C=O) groups excluding carboxylic acids is 1. The highest BCUT2D eigenvalue weighted by Gasteiger charge is 2.29. The number of guanidine groups is 1. The van der Waals surface area contributed by atoms with E-state index >= 15 is 0 Å². The molecular weight excluding hydrogens is 489 g/mol. The second-order valence-corrected chi connectivity index (χ2v) is 8.46. The van der Waals surface area contributed by atoms with Gasteiger partial charge in [-0.2, -0.15) is 0 Å². The summed E-state index contributed by atoms with van der Waals surface area (Å²) >= 11 is 0. The normalized spacial score (nSPS) is 18.2. The van der Waals surface area contributed by atoms with Crippen molar-refractivity contribution >= 4 is 35.8 Å². The largest absolute Gasteiger partial charge is 0.355 e. The smallest absolute Gasteiger partial charge is 0.225 e. The molecule has 0 radical (unpaired) electrons. The molecule has 1 aromatic carbocycles. The Hall–Kier alpha value is -1.35. The number of nitrogens with zero attached hydrogens (tertiary/aromatic N) is 4. The molecule has 3 rings (SSSR count). The molecule has 7 heteroatoms. The van der Waals surface area contributed by atoms with Crippen LogP contribution in [0.1, 0.15) is 36.8 Å². The molecular formula is C23H38IN5O. The number of hydrogen-bond donors (Lipinski definition) is 1. The van der Waals surface area contributed by atoms with E-state index in [1.54, 1.807) is 0 Å². The predicted octanol–water partition coefficient (Wildman–Crippen LogP) is 2.95. The summed E-state index contributed by atoms with van der Waals surface area (Å²) in [6.45, 7) is 8.47. The van der Waals surface area contributed by atoms with Crippen molar-refractivity contribution in [3.63, 3.8) is 0 Å². The summed E-state index contributed by atoms with van der Waals surface area (Å²) in [5, 5.41) is 3.48. The first-order chi connectivity index (χ1) is 14.1. The van der Waals surface area contributed by atoms with Crippen LogP contribution in [-0.2, 0) is 11.3 Å². The molecule has 0 bridgehead atoms. The average Bonchev–Trinajstić information content (AvgIpc) is 3.27. The minimum absolute atomic E-state index is 0. The number of carbonyl (C=O) groups is 1. The molecule has 0 unspecified atom stereocenters. The molecule has 1 N–H and O–H groups in total. The molecule has 1 heterocycles. The lowest BCUT2D eigenvalue weighted by Crippen LogP contribution is -2.51. The van der Waals surface area contributed by atoms with Crippen molar-refractivity contribution in [3.8, 4) is 0 Å². The first-order valence-electron chi connectivity index (χ1n) is 11.1. The second-order valence-electron chi connectivity index (χ2n) is 8.46. The molecule has 168 valence electrons. The van der Waals surface area contributed by atoms with Crippen LogP contribution >= 0.6 is 24.0 Å². The monoisotopic (exact) mass is 527 g/mol. The predicted molar refractivity (Wildman–Crippen MR) is 134 cm³/mol. The topological polar surface area (TPSA) is 51.2 Å². The maximum atomic E-state index is 12.6. The van der Waals surface area contributed by atoms with Gasteiger partial charge in [0.2, 0.25) is 5.91 Å². The maximum absolute atomic E-state index is 12.6. The van der Waals surface area contributed by atoms with Crippen LogP contribution < -0.4 is 5.32 Å². The maximum Gasteiger partial charge on any atom is 0.225 e. The molecule has 0 aromatic heterocycles. The zero-order valence-electron chi connectivity index (χ0n) is 18.8. The Balaban J connectivity index is 0.00000320. The summed E-state index contributed by atoms with van der Waals surface area (Å²) in [5.41, 5.74) is 2.56. The molecule has 6 nitrogen and oxygen atoms in total. The third-order valence-electron chi connectivity index (χ3n) is 6.21. The zero-order valence-corrected chi connectivity index (χ0v) is 21.1. The van der Waals surface area contributed by atoms with Crippen LogP contribution in [0.2, 0.25) is 0 Å². The molecule has 1 amide bonds. The van der Waals surface area contributed by atoms with Crippen LogP contribution in [0.4, 0.5) is 0 Å². The third kappa shape index (κ3) is 7.11. The van der Waals surface area contributed by atoms with E-state index in [4.69, 9.17) is 0 Å². The molecule has 30 heavy (non-hydrogen) atoms. The minimum Gasteiger partial charge on any atom is -0.355 e. The van der Waals surface area contributed by atoms with Gasteiger partial charge in [-0.3, -0.25) is 14.7 Å². The van der Waals surface area contributed by atoms with Gasteiger partial charge in [0.05, 0.1) is 0 Å². The first kappa shape index (κ1) is 24.9. The van der Waals surface area contributed by atoms with E-state index in [1.807, 2.05) is 7.05 Å². The number of hydrogen-bond acceptors (Lipinski definition) is 3. The lowest BCUT2D eigenvalue weighted by molar-refractivity contribution is -0.137. The number of benzene rings is 1. The fraction of sp³-hybridized carbons (Fsp3) is 0.652. The van der Waals surface area contributed by atoms with Crippen LogP contribution in [0.5, 0.6) is 0 Å². The molecule has 2 fully saturated rings. The van der Waals surface area contributed by atoms with Crippen molar-refractivity contribution in [1.82, 2.24) is 20.0 Å². The van der Waals surface area contributed by atoms with E-state index in [2.05, 4.69) is 63.2 Å². The van der Waals surface area contributed by atoms with Crippen molar-refractivity contribution < 1.29 is 4.79 Å². The standard InChI is InChI=1S/C23H37N5O.HI/c1-19-8-10-20(11-9-19)18-26(3)23(24-2)25-12-13-27-14-16-28(17-15-27)22(29)21-6-4-5-7-21;/h8-11,21H,4-7,12-18H2,1-3H3,(H,24,25);1H. The lowest BCUT2D eigenvalue weighted by Gasteiger charge is -2.36. The van der Waals surface area contributed by atoms with E-state index in [9.17, 15) is 4.79 Å². The molecule has 1 saturated carbocycles. The van der Waals surface area contributed by atoms with Crippen molar-refractivity contribution in [2.45, 2.75) is 39.2 Å². The summed E-state index contributed by atoms with van der Waals surface area (Å²) in [4.78, 5) is 23.7. The Labute approximate surface area is 199 Å². The summed E-state index contributed by atoms with van der Waals surface area (Å²) in [6, 6.07) is 8.64. The van der Waals surface area contributed by atoms with Gasteiger partial charge in [0.15, 0.2) is 5.96 Å². The highest BCUT2D eigenvalue weighted by Crippen LogP contribution is 2.26. The summed E-state index contributed by atoms with van der Waals surface area (Å²) in [7, 11) is 3.91. The van der Waals surface area contributed by atoms with Crippen LogP contribution in [0.25, 0.3) is 0 Å². The number of amides is 1. The van der Waals surface area contributed by atoms with Gasteiger partial charge in [0.25, 0.3) is 0 Å². The first-order valence-corrected chi connectivity index (χ1v) is 11.1. The van der Waals surface area contributed by atoms with E-state index in [0.29, 0.717) is 11.8 Å². The van der Waals surface area contributed by atoms with Gasteiger partial charge in [0, 0.05) is 65.8 Å². The van der Waals surface area contributed by atoms with Crippen LogP contribution in [0, 0.1) is 12.8 Å². The fourth-order valence-corrected chi connectivity index (χ4v) is 4.38. The highest BCUT2D eigenvalue weighted by molar-refractivity contribution is 14.0. The number of aryl methyl sites for hydroxylation is 1. The van der Waals surface area contributed by atoms with Gasteiger partial charge < -0.3 is 15.1 Å². The summed E-state index contributed by atoms with van der Waals surface area (Å²) in [5.74, 6) is 1.62. The van der Waals surface area contributed by atoms with E-state index in [0.717, 1.165) is 64.6 Å². The van der Waals surface area contributed by atoms with Gasteiger partial charge in [-0.15, -0.1) is 24.0 Å². The number of aliphatic imine (C=N–C) groups is 1. The number of halogens is 1. The zero-order chi connectivity index (χ0) is 20.6. The quantitative estimate of drug-likeness (QED) is 0.351. The Kier molecular flexibility index (Phi) is 10.4. The summed E-state index contributed by atoms with van der Waals surface area (Å²) in [6.07, 6.45) is 4.64.